The van der Waals surface area contributed by atoms with E-state index in [0.717, 1.165) is 12.8 Å². The average molecular weight is 564 g/mol. The second kappa shape index (κ2) is 11.2. The third-order valence-corrected chi connectivity index (χ3v) is 7.09. The summed E-state index contributed by atoms with van der Waals surface area (Å²) in [5, 5.41) is 21.6. The molecule has 11 nitrogen and oxygen atoms in total. The number of benzene rings is 1. The van der Waals surface area contributed by atoms with E-state index in [-0.39, 0.29) is 11.8 Å². The van der Waals surface area contributed by atoms with Crippen molar-refractivity contribution in [1.82, 2.24) is 29.4 Å². The first-order valence-electron chi connectivity index (χ1n) is 13.1. The molecule has 5 rings (SSSR count). The average Bonchev–Trinajstić information content (AvgIpc) is 3.57. The second-order valence-corrected chi connectivity index (χ2v) is 10.2. The minimum Gasteiger partial charge on any atom is -0.406 e. The molecule has 4 aromatic rings. The highest BCUT2D eigenvalue weighted by atomic mass is 19.4. The van der Waals surface area contributed by atoms with Crippen LogP contribution in [0.3, 0.4) is 0 Å². The number of hydrogen-bond donors (Lipinski definition) is 4. The lowest BCUT2D eigenvalue weighted by molar-refractivity contribution is -0.274. The molecular formula is C26H32F3N7O4. The van der Waals surface area contributed by atoms with Gasteiger partial charge in [-0.05, 0) is 51.4 Å². The summed E-state index contributed by atoms with van der Waals surface area (Å²) in [4.78, 5) is 18.3. The normalized spacial score (nSPS) is 21.8. The van der Waals surface area contributed by atoms with Gasteiger partial charge in [-0.2, -0.15) is 0 Å². The number of aryl methyl sites for hydroxylation is 1. The van der Waals surface area contributed by atoms with Crippen LogP contribution in [0.1, 0.15) is 38.7 Å². The van der Waals surface area contributed by atoms with Gasteiger partial charge in [0.2, 0.25) is 0 Å². The van der Waals surface area contributed by atoms with Crippen LogP contribution < -0.4 is 10.5 Å². The highest BCUT2D eigenvalue weighted by Gasteiger charge is 2.45. The molecule has 0 radical (unpaired) electrons. The highest BCUT2D eigenvalue weighted by Crippen LogP contribution is 2.33. The van der Waals surface area contributed by atoms with E-state index in [2.05, 4.69) is 29.6 Å². The van der Waals surface area contributed by atoms with Gasteiger partial charge >= 0.3 is 6.36 Å². The molecule has 1 saturated heterocycles. The first kappa shape index (κ1) is 28.1. The third kappa shape index (κ3) is 5.99. The van der Waals surface area contributed by atoms with Gasteiger partial charge in [-0.3, -0.25) is 9.47 Å². The quantitative estimate of drug-likeness (QED) is 0.214. The SMILES string of the molecule is CC(C)N(CCCCc1nc2cc(OC(F)(F)F)ccc2[nH]1)C[C@H]1O[C@@H](n2cnc3c(N)ccnc32)[C@H](O)[C@@H]1O. The minimum absolute atomic E-state index is 0.154. The zero-order chi connectivity index (χ0) is 28.6. The number of anilines is 1. The fraction of sp³-hybridized carbons (Fsp3) is 0.500. The molecule has 0 saturated carbocycles. The minimum atomic E-state index is -4.76. The number of aliphatic hydroxyl groups excluding tert-OH is 2. The van der Waals surface area contributed by atoms with Gasteiger partial charge in [-0.25, -0.2) is 15.0 Å². The summed E-state index contributed by atoms with van der Waals surface area (Å²) in [5.74, 6) is 0.369. The Morgan fingerprint density at radius 3 is 2.73 bits per heavy atom. The Labute approximate surface area is 227 Å². The van der Waals surface area contributed by atoms with E-state index in [9.17, 15) is 23.4 Å². The number of nitrogens with zero attached hydrogens (tertiary/aromatic N) is 5. The molecule has 0 spiro atoms. The van der Waals surface area contributed by atoms with Crippen molar-refractivity contribution >= 4 is 27.9 Å². The van der Waals surface area contributed by atoms with Crippen LogP contribution in [0, 0.1) is 0 Å². The number of alkyl halides is 3. The van der Waals surface area contributed by atoms with Gasteiger partial charge in [0, 0.05) is 31.3 Å². The number of nitrogens with two attached hydrogens (primary N) is 1. The molecule has 14 heteroatoms. The Hall–Kier alpha value is -3.46. The van der Waals surface area contributed by atoms with Gasteiger partial charge in [0.15, 0.2) is 11.9 Å². The predicted octanol–water partition coefficient (Wildman–Crippen LogP) is 3.14. The molecule has 3 aromatic heterocycles. The molecule has 216 valence electrons. The number of H-pyrrole nitrogens is 1. The van der Waals surface area contributed by atoms with E-state index in [0.29, 0.717) is 53.2 Å². The number of aromatic amines is 1. The molecule has 40 heavy (non-hydrogen) atoms. The summed E-state index contributed by atoms with van der Waals surface area (Å²) in [6, 6.07) is 5.82. The van der Waals surface area contributed by atoms with Crippen molar-refractivity contribution < 1.29 is 32.9 Å². The van der Waals surface area contributed by atoms with Crippen LogP contribution in [0.5, 0.6) is 5.75 Å². The number of fused-ring (bicyclic) bond motifs is 2. The third-order valence-electron chi connectivity index (χ3n) is 7.09. The van der Waals surface area contributed by atoms with Gasteiger partial charge in [0.1, 0.15) is 35.4 Å². The van der Waals surface area contributed by atoms with Crippen molar-refractivity contribution in [3.05, 3.63) is 42.6 Å². The van der Waals surface area contributed by atoms with Crippen molar-refractivity contribution in [3.63, 3.8) is 0 Å². The van der Waals surface area contributed by atoms with Gasteiger partial charge in [0.05, 0.1) is 23.0 Å². The summed E-state index contributed by atoms with van der Waals surface area (Å²) < 4.78 is 49.2. The van der Waals surface area contributed by atoms with Crippen molar-refractivity contribution in [3.8, 4) is 5.75 Å². The van der Waals surface area contributed by atoms with E-state index in [1.165, 1.54) is 24.5 Å². The standard InChI is InChI=1S/C26H32F3N7O4/c1-14(2)35(10-4-3-5-20-33-17-7-6-15(11-18(17)34-20)40-26(27,28)29)12-19-22(37)23(38)25(39-19)36-13-32-21-16(30)8-9-31-24(21)36/h6-9,11,13-14,19,22-23,25,37-38H,3-5,10,12H2,1-2H3,(H2,30,31)(H,33,34)/t19-,22-,23-,25-/m1/s1. The van der Waals surface area contributed by atoms with Crippen molar-refractivity contribution in [2.75, 3.05) is 18.8 Å². The molecule has 1 aliphatic heterocycles. The maximum atomic E-state index is 12.5. The fourth-order valence-electron chi connectivity index (χ4n) is 5.00. The van der Waals surface area contributed by atoms with Crippen molar-refractivity contribution in [1.29, 1.82) is 0 Å². The molecule has 1 aromatic carbocycles. The first-order valence-corrected chi connectivity index (χ1v) is 13.1. The summed E-state index contributed by atoms with van der Waals surface area (Å²) in [5.41, 5.74) is 8.44. The first-order chi connectivity index (χ1) is 19.0. The van der Waals surface area contributed by atoms with Crippen LogP contribution in [0.2, 0.25) is 0 Å². The monoisotopic (exact) mass is 563 g/mol. The van der Waals surface area contributed by atoms with Crippen molar-refractivity contribution in [2.24, 2.45) is 0 Å². The lowest BCUT2D eigenvalue weighted by Gasteiger charge is -2.30. The predicted molar refractivity (Wildman–Crippen MR) is 140 cm³/mol. The molecular weight excluding hydrogens is 531 g/mol. The molecule has 0 bridgehead atoms. The number of rotatable bonds is 10. The number of ether oxygens (including phenoxy) is 2. The number of nitrogen functional groups attached to an aromatic ring is 1. The number of halogens is 3. The zero-order valence-electron chi connectivity index (χ0n) is 22.0. The smallest absolute Gasteiger partial charge is 0.406 e. The number of unbranched alkanes of at least 4 members (excludes halogenated alkanes) is 1. The number of hydrogen-bond acceptors (Lipinski definition) is 9. The number of nitrogens with one attached hydrogen (secondary N) is 1. The maximum Gasteiger partial charge on any atom is 0.573 e. The topological polar surface area (TPSA) is 148 Å². The van der Waals surface area contributed by atoms with Crippen molar-refractivity contribution in [2.45, 2.75) is 70.1 Å². The zero-order valence-corrected chi connectivity index (χ0v) is 22.0. The molecule has 0 amide bonds. The summed E-state index contributed by atoms with van der Waals surface area (Å²) in [6.07, 6.45) is -3.27. The molecule has 0 unspecified atom stereocenters. The molecule has 4 heterocycles. The molecule has 1 aliphatic rings. The van der Waals surface area contributed by atoms with Gasteiger partial charge in [0.25, 0.3) is 0 Å². The Morgan fingerprint density at radius 2 is 1.98 bits per heavy atom. The molecule has 5 N–H and O–H groups in total. The Bertz CT molecular complexity index is 1460. The maximum absolute atomic E-state index is 12.5. The van der Waals surface area contributed by atoms with Crippen LogP contribution >= 0.6 is 0 Å². The van der Waals surface area contributed by atoms with E-state index in [4.69, 9.17) is 10.5 Å². The van der Waals surface area contributed by atoms with E-state index in [1.807, 2.05) is 13.8 Å². The summed E-state index contributed by atoms with van der Waals surface area (Å²) in [7, 11) is 0. The summed E-state index contributed by atoms with van der Waals surface area (Å²) in [6.45, 7) is 5.21. The van der Waals surface area contributed by atoms with Crippen LogP contribution in [0.25, 0.3) is 22.2 Å². The van der Waals surface area contributed by atoms with Gasteiger partial charge in [-0.15, -0.1) is 13.2 Å². The van der Waals surface area contributed by atoms with Gasteiger partial charge < -0.3 is 30.4 Å². The van der Waals surface area contributed by atoms with E-state index in [1.54, 1.807) is 16.8 Å². The number of pyridine rings is 1. The highest BCUT2D eigenvalue weighted by molar-refractivity contribution is 5.83. The molecule has 1 fully saturated rings. The lowest BCUT2D eigenvalue weighted by atomic mass is 10.1. The molecule has 0 aliphatic carbocycles. The fourth-order valence-corrected chi connectivity index (χ4v) is 5.00. The van der Waals surface area contributed by atoms with E-state index >= 15 is 0 Å². The Balaban J connectivity index is 1.16. The lowest BCUT2D eigenvalue weighted by Crippen LogP contribution is -2.43. The number of imidazole rings is 2. The van der Waals surface area contributed by atoms with Crippen LogP contribution in [-0.4, -0.2) is 83.4 Å². The van der Waals surface area contributed by atoms with E-state index < -0.39 is 30.9 Å². The second-order valence-electron chi connectivity index (χ2n) is 10.2. The number of aliphatic hydroxyl groups is 2. The largest absolute Gasteiger partial charge is 0.573 e. The number of aromatic nitrogens is 5. The Kier molecular flexibility index (Phi) is 7.86. The molecule has 4 atom stereocenters. The van der Waals surface area contributed by atoms with Gasteiger partial charge in [-0.1, -0.05) is 0 Å². The summed E-state index contributed by atoms with van der Waals surface area (Å²) >= 11 is 0. The van der Waals surface area contributed by atoms with Crippen LogP contribution in [-0.2, 0) is 11.2 Å². The van der Waals surface area contributed by atoms with Crippen LogP contribution in [0.4, 0.5) is 18.9 Å². The Morgan fingerprint density at radius 1 is 1.18 bits per heavy atom. The van der Waals surface area contributed by atoms with Crippen LogP contribution in [0.15, 0.2) is 36.8 Å².